The molecule has 0 unspecified atom stereocenters. The Morgan fingerprint density at radius 1 is 0.929 bits per heavy atom. The molecule has 2 aromatic carbocycles. The molecule has 0 radical (unpaired) electrons. The van der Waals surface area contributed by atoms with Gasteiger partial charge in [-0.1, -0.05) is 0 Å². The van der Waals surface area contributed by atoms with E-state index < -0.39 is 6.04 Å². The van der Waals surface area contributed by atoms with Crippen LogP contribution in [0.15, 0.2) is 30.3 Å². The van der Waals surface area contributed by atoms with Crippen molar-refractivity contribution in [1.82, 2.24) is 0 Å². The number of amides is 1. The number of fused-ring (bicyclic) bond motifs is 1. The van der Waals surface area contributed by atoms with Gasteiger partial charge in [0.25, 0.3) is 0 Å². The fourth-order valence-corrected chi connectivity index (χ4v) is 2.85. The van der Waals surface area contributed by atoms with Crippen molar-refractivity contribution in [2.75, 3.05) is 45.2 Å². The molecule has 0 aliphatic carbocycles. The molecule has 0 bridgehead atoms. The minimum Gasteiger partial charge on any atom is -0.493 e. The van der Waals surface area contributed by atoms with Gasteiger partial charge in [-0.05, 0) is 19.1 Å². The molecule has 2 aromatic rings. The Morgan fingerprint density at radius 2 is 1.57 bits per heavy atom. The third-order valence-electron chi connectivity index (χ3n) is 4.25. The molecule has 8 heteroatoms. The minimum atomic E-state index is -0.518. The van der Waals surface area contributed by atoms with Gasteiger partial charge in [0.15, 0.2) is 23.0 Å². The van der Waals surface area contributed by atoms with E-state index in [-0.39, 0.29) is 5.91 Å². The number of nitrogens with one attached hydrogen (secondary N) is 2. The molecule has 1 aliphatic heterocycles. The van der Waals surface area contributed by atoms with Crippen molar-refractivity contribution in [2.45, 2.75) is 13.0 Å². The summed E-state index contributed by atoms with van der Waals surface area (Å²) < 4.78 is 27.0. The second-order valence-corrected chi connectivity index (χ2v) is 6.13. The number of carbonyl (C=O) groups is 1. The topological polar surface area (TPSA) is 87.3 Å². The maximum atomic E-state index is 12.6. The predicted molar refractivity (Wildman–Crippen MR) is 105 cm³/mol. The average Bonchev–Trinajstić information content (AvgIpc) is 2.72. The third kappa shape index (κ3) is 4.16. The largest absolute Gasteiger partial charge is 0.493 e. The summed E-state index contributed by atoms with van der Waals surface area (Å²) in [5.41, 5.74) is 1.30. The Hall–Kier alpha value is -3.29. The van der Waals surface area contributed by atoms with Crippen molar-refractivity contribution in [1.29, 1.82) is 0 Å². The zero-order valence-corrected chi connectivity index (χ0v) is 16.3. The summed E-state index contributed by atoms with van der Waals surface area (Å²) in [6.07, 6.45) is 0. The monoisotopic (exact) mass is 388 g/mol. The molecule has 0 aromatic heterocycles. The van der Waals surface area contributed by atoms with E-state index in [0.717, 1.165) is 0 Å². The summed E-state index contributed by atoms with van der Waals surface area (Å²) >= 11 is 0. The molecular formula is C20H24N2O6. The lowest BCUT2D eigenvalue weighted by atomic mass is 10.2. The highest BCUT2D eigenvalue weighted by Gasteiger charge is 2.18. The molecule has 0 saturated carbocycles. The highest BCUT2D eigenvalue weighted by atomic mass is 16.6. The Kier molecular flexibility index (Phi) is 5.98. The summed E-state index contributed by atoms with van der Waals surface area (Å²) in [4.78, 5) is 12.6. The van der Waals surface area contributed by atoms with Gasteiger partial charge in [-0.3, -0.25) is 4.79 Å². The van der Waals surface area contributed by atoms with Gasteiger partial charge in [-0.15, -0.1) is 0 Å². The van der Waals surface area contributed by atoms with Crippen LogP contribution in [0.1, 0.15) is 6.92 Å². The summed E-state index contributed by atoms with van der Waals surface area (Å²) in [5, 5.41) is 6.01. The van der Waals surface area contributed by atoms with E-state index in [1.54, 1.807) is 51.5 Å². The van der Waals surface area contributed by atoms with E-state index in [9.17, 15) is 4.79 Å². The summed E-state index contributed by atoms with van der Waals surface area (Å²) in [5.74, 6) is 2.59. The standard InChI is InChI=1S/C20H24N2O6/c1-12(21-14-10-17(24-2)19(26-4)18(11-14)25-3)20(23)22-13-5-6-15-16(9-13)28-8-7-27-15/h5-6,9-12,21H,7-8H2,1-4H3,(H,22,23)/t12-/m0/s1. The molecular weight excluding hydrogens is 364 g/mol. The maximum Gasteiger partial charge on any atom is 0.246 e. The first kappa shape index (κ1) is 19.5. The molecule has 28 heavy (non-hydrogen) atoms. The van der Waals surface area contributed by atoms with Gasteiger partial charge < -0.3 is 34.3 Å². The van der Waals surface area contributed by atoms with E-state index in [2.05, 4.69) is 10.6 Å². The molecule has 0 saturated heterocycles. The van der Waals surface area contributed by atoms with Gasteiger partial charge in [-0.25, -0.2) is 0 Å². The van der Waals surface area contributed by atoms with Crippen LogP contribution in [0.4, 0.5) is 11.4 Å². The zero-order valence-electron chi connectivity index (χ0n) is 16.3. The van der Waals surface area contributed by atoms with E-state index in [4.69, 9.17) is 23.7 Å². The van der Waals surface area contributed by atoms with Crippen LogP contribution in [0.5, 0.6) is 28.7 Å². The number of anilines is 2. The Bertz CT molecular complexity index is 830. The molecule has 2 N–H and O–H groups in total. The first-order chi connectivity index (χ1) is 13.5. The number of hydrogen-bond donors (Lipinski definition) is 2. The quantitative estimate of drug-likeness (QED) is 0.754. The van der Waals surface area contributed by atoms with Crippen LogP contribution in [-0.2, 0) is 4.79 Å². The first-order valence-corrected chi connectivity index (χ1v) is 8.82. The lowest BCUT2D eigenvalue weighted by molar-refractivity contribution is -0.116. The van der Waals surface area contributed by atoms with Crippen LogP contribution < -0.4 is 34.3 Å². The minimum absolute atomic E-state index is 0.203. The van der Waals surface area contributed by atoms with Crippen molar-refractivity contribution in [2.24, 2.45) is 0 Å². The molecule has 1 amide bonds. The molecule has 150 valence electrons. The molecule has 1 heterocycles. The van der Waals surface area contributed by atoms with E-state index in [1.165, 1.54) is 7.11 Å². The molecule has 8 nitrogen and oxygen atoms in total. The Balaban J connectivity index is 1.70. The number of benzene rings is 2. The smallest absolute Gasteiger partial charge is 0.246 e. The van der Waals surface area contributed by atoms with Gasteiger partial charge in [0.2, 0.25) is 11.7 Å². The van der Waals surface area contributed by atoms with Crippen molar-refractivity contribution in [3.63, 3.8) is 0 Å². The van der Waals surface area contributed by atoms with Gasteiger partial charge in [0.1, 0.15) is 19.3 Å². The van der Waals surface area contributed by atoms with Gasteiger partial charge in [0.05, 0.1) is 21.3 Å². The van der Waals surface area contributed by atoms with Gasteiger partial charge in [-0.2, -0.15) is 0 Å². The Morgan fingerprint density at radius 3 is 2.18 bits per heavy atom. The third-order valence-corrected chi connectivity index (χ3v) is 4.25. The van der Waals surface area contributed by atoms with Crippen LogP contribution in [0.25, 0.3) is 0 Å². The number of rotatable bonds is 7. The number of hydrogen-bond acceptors (Lipinski definition) is 7. The van der Waals surface area contributed by atoms with Crippen LogP contribution in [-0.4, -0.2) is 46.5 Å². The van der Waals surface area contributed by atoms with E-state index in [1.807, 2.05) is 0 Å². The van der Waals surface area contributed by atoms with Crippen molar-refractivity contribution >= 4 is 17.3 Å². The van der Waals surface area contributed by atoms with Crippen molar-refractivity contribution < 1.29 is 28.5 Å². The fourth-order valence-electron chi connectivity index (χ4n) is 2.85. The van der Waals surface area contributed by atoms with Gasteiger partial charge in [0, 0.05) is 29.6 Å². The van der Waals surface area contributed by atoms with Crippen LogP contribution in [0.3, 0.4) is 0 Å². The zero-order chi connectivity index (χ0) is 20.1. The second-order valence-electron chi connectivity index (χ2n) is 6.13. The van der Waals surface area contributed by atoms with Crippen molar-refractivity contribution in [3.05, 3.63) is 30.3 Å². The maximum absolute atomic E-state index is 12.6. The average molecular weight is 388 g/mol. The lowest BCUT2D eigenvalue weighted by Gasteiger charge is -2.20. The molecule has 3 rings (SSSR count). The number of methoxy groups -OCH3 is 3. The van der Waals surface area contributed by atoms with Crippen LogP contribution >= 0.6 is 0 Å². The lowest BCUT2D eigenvalue weighted by Crippen LogP contribution is -2.32. The van der Waals surface area contributed by atoms with E-state index >= 15 is 0 Å². The fraction of sp³-hybridized carbons (Fsp3) is 0.350. The van der Waals surface area contributed by atoms with Crippen LogP contribution in [0, 0.1) is 0 Å². The number of ether oxygens (including phenoxy) is 5. The SMILES string of the molecule is COc1cc(N[C@@H](C)C(=O)Nc2ccc3c(c2)OCCO3)cc(OC)c1OC. The summed E-state index contributed by atoms with van der Waals surface area (Å²) in [7, 11) is 4.62. The number of carbonyl (C=O) groups excluding carboxylic acids is 1. The summed E-state index contributed by atoms with van der Waals surface area (Å²) in [6.45, 7) is 2.77. The van der Waals surface area contributed by atoms with Gasteiger partial charge >= 0.3 is 0 Å². The highest BCUT2D eigenvalue weighted by Crippen LogP contribution is 2.40. The normalized spacial score (nSPS) is 13.3. The molecule has 1 aliphatic rings. The van der Waals surface area contributed by atoms with Crippen LogP contribution in [0.2, 0.25) is 0 Å². The summed E-state index contributed by atoms with van der Waals surface area (Å²) in [6, 6.07) is 8.28. The predicted octanol–water partition coefficient (Wildman–Crippen LogP) is 2.92. The first-order valence-electron chi connectivity index (χ1n) is 8.82. The second kappa shape index (κ2) is 8.60. The Labute approximate surface area is 163 Å². The highest BCUT2D eigenvalue weighted by molar-refractivity contribution is 5.96. The molecule has 0 spiro atoms. The van der Waals surface area contributed by atoms with Crippen molar-refractivity contribution in [3.8, 4) is 28.7 Å². The van der Waals surface area contributed by atoms with E-state index in [0.29, 0.717) is 53.3 Å². The molecule has 0 fully saturated rings. The molecule has 1 atom stereocenters.